The molecule has 0 N–H and O–H groups in total. The van der Waals surface area contributed by atoms with Gasteiger partial charge in [0.1, 0.15) is 5.82 Å². The number of anilines is 1. The van der Waals surface area contributed by atoms with Gasteiger partial charge in [0.05, 0.1) is 0 Å². The maximum absolute atomic E-state index is 4.49. The number of aryl methyl sites for hydroxylation is 1. The Balaban J connectivity index is 2.17. The standard InChI is InChI=1S/C13H20N2/c1-10-5-6-12(14-7-10)15-8-11(2)13(3,4)9-15/h5-7,11H,8-9H2,1-4H3. The molecule has 1 aromatic rings. The van der Waals surface area contributed by atoms with E-state index in [4.69, 9.17) is 0 Å². The molecule has 1 fully saturated rings. The van der Waals surface area contributed by atoms with Crippen LogP contribution in [-0.2, 0) is 0 Å². The first-order chi connectivity index (χ1) is 6.99. The molecule has 1 atom stereocenters. The van der Waals surface area contributed by atoms with E-state index in [9.17, 15) is 0 Å². The first-order valence-electron chi connectivity index (χ1n) is 5.67. The lowest BCUT2D eigenvalue weighted by Gasteiger charge is -2.22. The Bertz CT molecular complexity index is 340. The second-order valence-electron chi connectivity index (χ2n) is 5.46. The van der Waals surface area contributed by atoms with E-state index in [0.717, 1.165) is 24.8 Å². The van der Waals surface area contributed by atoms with Crippen LogP contribution in [0, 0.1) is 18.3 Å². The van der Waals surface area contributed by atoms with Crippen molar-refractivity contribution in [1.82, 2.24) is 4.98 Å². The fraction of sp³-hybridized carbons (Fsp3) is 0.615. The normalized spacial score (nSPS) is 24.5. The summed E-state index contributed by atoms with van der Waals surface area (Å²) in [4.78, 5) is 6.88. The summed E-state index contributed by atoms with van der Waals surface area (Å²) in [5.41, 5.74) is 1.64. The Morgan fingerprint density at radius 3 is 2.60 bits per heavy atom. The number of hydrogen-bond donors (Lipinski definition) is 0. The number of rotatable bonds is 1. The van der Waals surface area contributed by atoms with Crippen molar-refractivity contribution >= 4 is 5.82 Å². The highest BCUT2D eigenvalue weighted by molar-refractivity contribution is 5.41. The summed E-state index contributed by atoms with van der Waals surface area (Å²) in [5, 5.41) is 0. The van der Waals surface area contributed by atoms with Crippen molar-refractivity contribution < 1.29 is 0 Å². The minimum atomic E-state index is 0.409. The van der Waals surface area contributed by atoms with E-state index in [1.807, 2.05) is 6.20 Å². The molecule has 0 saturated carbocycles. The molecule has 0 bridgehead atoms. The lowest BCUT2D eigenvalue weighted by molar-refractivity contribution is 0.312. The molecule has 0 aromatic carbocycles. The molecule has 0 amide bonds. The third-order valence-corrected chi connectivity index (χ3v) is 3.65. The van der Waals surface area contributed by atoms with Crippen molar-refractivity contribution in [3.63, 3.8) is 0 Å². The first kappa shape index (κ1) is 10.5. The third kappa shape index (κ3) is 1.99. The van der Waals surface area contributed by atoms with Crippen LogP contribution in [0.15, 0.2) is 18.3 Å². The number of hydrogen-bond acceptors (Lipinski definition) is 2. The van der Waals surface area contributed by atoms with Crippen LogP contribution in [0.25, 0.3) is 0 Å². The summed E-state index contributed by atoms with van der Waals surface area (Å²) in [7, 11) is 0. The number of aromatic nitrogens is 1. The molecule has 1 saturated heterocycles. The summed E-state index contributed by atoms with van der Waals surface area (Å²) in [6.07, 6.45) is 1.95. The zero-order valence-electron chi connectivity index (χ0n) is 10.1. The molecule has 0 radical (unpaired) electrons. The average Bonchev–Trinajstić information content (AvgIpc) is 2.42. The van der Waals surface area contributed by atoms with Gasteiger partial charge in [-0.15, -0.1) is 0 Å². The van der Waals surface area contributed by atoms with Gasteiger partial charge >= 0.3 is 0 Å². The van der Waals surface area contributed by atoms with Gasteiger partial charge in [-0.1, -0.05) is 26.8 Å². The zero-order chi connectivity index (χ0) is 11.1. The quantitative estimate of drug-likeness (QED) is 0.699. The van der Waals surface area contributed by atoms with Crippen LogP contribution in [0.5, 0.6) is 0 Å². The van der Waals surface area contributed by atoms with Gasteiger partial charge < -0.3 is 4.90 Å². The largest absolute Gasteiger partial charge is 0.356 e. The van der Waals surface area contributed by atoms with E-state index < -0.39 is 0 Å². The van der Waals surface area contributed by atoms with Gasteiger partial charge in [-0.3, -0.25) is 0 Å². The highest BCUT2D eigenvalue weighted by atomic mass is 15.2. The van der Waals surface area contributed by atoms with E-state index in [1.54, 1.807) is 0 Å². The van der Waals surface area contributed by atoms with Gasteiger partial charge in [0.2, 0.25) is 0 Å². The smallest absolute Gasteiger partial charge is 0.128 e. The Morgan fingerprint density at radius 1 is 1.40 bits per heavy atom. The second kappa shape index (κ2) is 3.51. The molecule has 0 aliphatic carbocycles. The summed E-state index contributed by atoms with van der Waals surface area (Å²) >= 11 is 0. The molecule has 2 rings (SSSR count). The van der Waals surface area contributed by atoms with Crippen LogP contribution in [0.1, 0.15) is 26.3 Å². The van der Waals surface area contributed by atoms with Crippen molar-refractivity contribution in [3.8, 4) is 0 Å². The van der Waals surface area contributed by atoms with Crippen LogP contribution in [0.2, 0.25) is 0 Å². The van der Waals surface area contributed by atoms with Gasteiger partial charge in [-0.05, 0) is 29.9 Å². The van der Waals surface area contributed by atoms with E-state index in [2.05, 4.69) is 49.7 Å². The monoisotopic (exact) mass is 204 g/mol. The van der Waals surface area contributed by atoms with Crippen LogP contribution < -0.4 is 4.90 Å². The highest BCUT2D eigenvalue weighted by Gasteiger charge is 2.36. The summed E-state index contributed by atoms with van der Waals surface area (Å²) < 4.78 is 0. The van der Waals surface area contributed by atoms with Crippen molar-refractivity contribution in [2.45, 2.75) is 27.7 Å². The summed E-state index contributed by atoms with van der Waals surface area (Å²) in [6, 6.07) is 4.27. The van der Waals surface area contributed by atoms with Gasteiger partial charge in [-0.2, -0.15) is 0 Å². The lowest BCUT2D eigenvalue weighted by Crippen LogP contribution is -2.23. The van der Waals surface area contributed by atoms with Crippen LogP contribution >= 0.6 is 0 Å². The van der Waals surface area contributed by atoms with E-state index in [0.29, 0.717) is 5.41 Å². The Morgan fingerprint density at radius 2 is 2.13 bits per heavy atom. The predicted octanol–water partition coefficient (Wildman–Crippen LogP) is 2.87. The first-order valence-corrected chi connectivity index (χ1v) is 5.67. The van der Waals surface area contributed by atoms with Crippen molar-refractivity contribution in [3.05, 3.63) is 23.9 Å². The minimum Gasteiger partial charge on any atom is -0.356 e. The third-order valence-electron chi connectivity index (χ3n) is 3.65. The summed E-state index contributed by atoms with van der Waals surface area (Å²) in [5.74, 6) is 1.86. The molecule has 1 aromatic heterocycles. The number of pyridine rings is 1. The molecular weight excluding hydrogens is 184 g/mol. The van der Waals surface area contributed by atoms with Crippen molar-refractivity contribution in [2.24, 2.45) is 11.3 Å². The van der Waals surface area contributed by atoms with E-state index in [-0.39, 0.29) is 0 Å². The maximum atomic E-state index is 4.49. The SMILES string of the molecule is Cc1ccc(N2CC(C)C(C)(C)C2)nc1. The van der Waals surface area contributed by atoms with E-state index >= 15 is 0 Å². The topological polar surface area (TPSA) is 16.1 Å². The Hall–Kier alpha value is -1.05. The molecule has 2 nitrogen and oxygen atoms in total. The minimum absolute atomic E-state index is 0.409. The summed E-state index contributed by atoms with van der Waals surface area (Å²) in [6.45, 7) is 11.3. The molecule has 1 aliphatic heterocycles. The average molecular weight is 204 g/mol. The molecule has 2 heteroatoms. The fourth-order valence-corrected chi connectivity index (χ4v) is 2.11. The van der Waals surface area contributed by atoms with Gasteiger partial charge in [0.25, 0.3) is 0 Å². The van der Waals surface area contributed by atoms with E-state index in [1.165, 1.54) is 5.56 Å². The van der Waals surface area contributed by atoms with Gasteiger partial charge in [0, 0.05) is 19.3 Å². The lowest BCUT2D eigenvalue weighted by atomic mass is 9.84. The molecule has 0 spiro atoms. The molecular formula is C13H20N2. The predicted molar refractivity (Wildman–Crippen MR) is 64.1 cm³/mol. The number of nitrogens with zero attached hydrogens (tertiary/aromatic N) is 2. The van der Waals surface area contributed by atoms with Crippen LogP contribution in [-0.4, -0.2) is 18.1 Å². The van der Waals surface area contributed by atoms with Crippen LogP contribution in [0.3, 0.4) is 0 Å². The highest BCUT2D eigenvalue weighted by Crippen LogP contribution is 2.36. The molecule has 15 heavy (non-hydrogen) atoms. The molecule has 2 heterocycles. The maximum Gasteiger partial charge on any atom is 0.128 e. The van der Waals surface area contributed by atoms with Gasteiger partial charge in [-0.25, -0.2) is 4.98 Å². The molecule has 1 unspecified atom stereocenters. The fourth-order valence-electron chi connectivity index (χ4n) is 2.11. The molecule has 82 valence electrons. The molecule has 1 aliphatic rings. The zero-order valence-corrected chi connectivity index (χ0v) is 10.1. The second-order valence-corrected chi connectivity index (χ2v) is 5.46. The van der Waals surface area contributed by atoms with Gasteiger partial charge in [0.15, 0.2) is 0 Å². The Labute approximate surface area is 92.3 Å². The van der Waals surface area contributed by atoms with Crippen molar-refractivity contribution in [2.75, 3.05) is 18.0 Å². The van der Waals surface area contributed by atoms with Crippen LogP contribution in [0.4, 0.5) is 5.82 Å². The van der Waals surface area contributed by atoms with Crippen molar-refractivity contribution in [1.29, 1.82) is 0 Å². The Kier molecular flexibility index (Phi) is 2.45.